The summed E-state index contributed by atoms with van der Waals surface area (Å²) in [5, 5.41) is 0. The zero-order chi connectivity index (χ0) is 23.4. The maximum absolute atomic E-state index is 5.69. The Labute approximate surface area is 190 Å². The van der Waals surface area contributed by atoms with Gasteiger partial charge in [0.2, 0.25) is 12.1 Å². The second kappa shape index (κ2) is 13.4. The number of hydrogen-bond donors (Lipinski definition) is 0. The van der Waals surface area contributed by atoms with Crippen LogP contribution in [0.15, 0.2) is 40.3 Å². The van der Waals surface area contributed by atoms with Crippen molar-refractivity contribution in [2.45, 2.75) is 6.17 Å². The molecule has 1 aliphatic rings. The van der Waals surface area contributed by atoms with E-state index >= 15 is 0 Å². The van der Waals surface area contributed by atoms with Crippen LogP contribution in [0, 0.1) is 0 Å². The Morgan fingerprint density at radius 2 is 1.22 bits per heavy atom. The molecule has 2 rings (SSSR count). The van der Waals surface area contributed by atoms with Crippen LogP contribution in [0.5, 0.6) is 0 Å². The van der Waals surface area contributed by atoms with E-state index in [1.165, 1.54) is 0 Å². The number of guanidine groups is 2. The summed E-state index contributed by atoms with van der Waals surface area (Å²) >= 11 is 0. The van der Waals surface area contributed by atoms with Gasteiger partial charge in [0.15, 0.2) is 13.5 Å². The number of nitrogens with zero attached hydrogens (tertiary/aromatic N) is 5. The molecule has 1 heterocycles. The van der Waals surface area contributed by atoms with E-state index in [1.807, 2.05) is 35.2 Å². The molecule has 180 valence electrons. The van der Waals surface area contributed by atoms with Crippen molar-refractivity contribution in [1.82, 2.24) is 9.80 Å². The average molecular weight is 455 g/mol. The molecular weight excluding hydrogens is 418 g/mol. The van der Waals surface area contributed by atoms with Crippen molar-refractivity contribution in [3.63, 3.8) is 0 Å². The summed E-state index contributed by atoms with van der Waals surface area (Å²) in [4.78, 5) is 13.7. The molecule has 1 unspecified atom stereocenters. The standard InChI is InChI=1S/C21H36N5O6/c1-27-12-24(13-28-2)20-22-19(18-10-8-7-9-11-18)26(16-31-5,17-32-6)21(23-20)25(14-29-3)15-30-4/h7-11,19H,12-17H2,1-6H3/q+1. The SMILES string of the molecule is COCN(COC)C1=NC(c2ccccc2)[N+](COC)(COC)C(N(COC)COC)=N1. The van der Waals surface area contributed by atoms with Crippen LogP contribution < -0.4 is 0 Å². The molecule has 11 heteroatoms. The minimum atomic E-state index is -0.411. The van der Waals surface area contributed by atoms with Gasteiger partial charge >= 0.3 is 5.96 Å². The van der Waals surface area contributed by atoms with Crippen LogP contribution in [0.3, 0.4) is 0 Å². The van der Waals surface area contributed by atoms with Gasteiger partial charge in [0.05, 0.1) is 0 Å². The van der Waals surface area contributed by atoms with E-state index in [-0.39, 0.29) is 44.9 Å². The van der Waals surface area contributed by atoms with Crippen molar-refractivity contribution in [1.29, 1.82) is 0 Å². The lowest BCUT2D eigenvalue weighted by molar-refractivity contribution is -0.915. The van der Waals surface area contributed by atoms with Crippen LogP contribution in [-0.2, 0) is 28.4 Å². The predicted octanol–water partition coefficient (Wildman–Crippen LogP) is 1.46. The highest BCUT2D eigenvalue weighted by molar-refractivity contribution is 5.93. The Morgan fingerprint density at radius 1 is 0.719 bits per heavy atom. The first-order valence-corrected chi connectivity index (χ1v) is 10.1. The minimum absolute atomic E-state index is 0.154. The third-order valence-electron chi connectivity index (χ3n) is 4.83. The third-order valence-corrected chi connectivity index (χ3v) is 4.83. The fourth-order valence-electron chi connectivity index (χ4n) is 3.72. The lowest BCUT2D eigenvalue weighted by Gasteiger charge is -2.45. The number of methoxy groups -OCH3 is 6. The average Bonchev–Trinajstić information content (AvgIpc) is 2.80. The summed E-state index contributed by atoms with van der Waals surface area (Å²) in [6.45, 7) is 1.55. The van der Waals surface area contributed by atoms with Gasteiger partial charge in [0.1, 0.15) is 26.9 Å². The lowest BCUT2D eigenvalue weighted by Crippen LogP contribution is -2.64. The van der Waals surface area contributed by atoms with Crippen molar-refractivity contribution in [2.24, 2.45) is 9.98 Å². The predicted molar refractivity (Wildman–Crippen MR) is 119 cm³/mol. The van der Waals surface area contributed by atoms with Gasteiger partial charge in [-0.05, 0) is 0 Å². The van der Waals surface area contributed by atoms with Crippen molar-refractivity contribution < 1.29 is 32.9 Å². The Bertz CT molecular complexity index is 715. The van der Waals surface area contributed by atoms with Crippen LogP contribution in [0.4, 0.5) is 0 Å². The smallest absolute Gasteiger partial charge is 0.317 e. The van der Waals surface area contributed by atoms with Gasteiger partial charge in [0.25, 0.3) is 0 Å². The van der Waals surface area contributed by atoms with Gasteiger partial charge in [-0.1, -0.05) is 30.3 Å². The summed E-state index contributed by atoms with van der Waals surface area (Å²) in [5.74, 6) is 1.10. The second-order valence-electron chi connectivity index (χ2n) is 7.25. The van der Waals surface area contributed by atoms with Gasteiger partial charge in [0, 0.05) is 48.2 Å². The van der Waals surface area contributed by atoms with Crippen molar-refractivity contribution in [3.05, 3.63) is 35.9 Å². The molecule has 1 aromatic carbocycles. The number of rotatable bonds is 13. The summed E-state index contributed by atoms with van der Waals surface area (Å²) in [7, 11) is 9.77. The van der Waals surface area contributed by atoms with Crippen LogP contribution in [-0.4, -0.2) is 109 Å². The molecular formula is C21H36N5O6+. The van der Waals surface area contributed by atoms with Crippen LogP contribution in [0.25, 0.3) is 0 Å². The normalized spacial score (nSPS) is 17.6. The fourth-order valence-corrected chi connectivity index (χ4v) is 3.72. The largest absolute Gasteiger partial charge is 0.364 e. The molecule has 0 N–H and O–H groups in total. The first-order chi connectivity index (χ1) is 15.6. The number of aliphatic imine (C=N–C) groups is 2. The first-order valence-electron chi connectivity index (χ1n) is 10.1. The Kier molecular flexibility index (Phi) is 11.0. The van der Waals surface area contributed by atoms with E-state index in [1.54, 1.807) is 47.6 Å². The summed E-state index contributed by atoms with van der Waals surface area (Å²) in [6.07, 6.45) is -0.411. The molecule has 0 saturated heterocycles. The summed E-state index contributed by atoms with van der Waals surface area (Å²) in [5.41, 5.74) is 0.982. The monoisotopic (exact) mass is 454 g/mol. The Hall–Kier alpha value is -2.12. The molecule has 0 saturated carbocycles. The van der Waals surface area contributed by atoms with E-state index in [0.29, 0.717) is 11.9 Å². The van der Waals surface area contributed by atoms with Crippen molar-refractivity contribution in [3.8, 4) is 0 Å². The van der Waals surface area contributed by atoms with E-state index in [9.17, 15) is 0 Å². The molecule has 1 atom stereocenters. The maximum atomic E-state index is 5.69. The number of hydrogen-bond acceptors (Lipinski definition) is 10. The highest BCUT2D eigenvalue weighted by Gasteiger charge is 2.50. The molecule has 0 spiro atoms. The molecule has 1 aromatic rings. The molecule has 1 aliphatic heterocycles. The number of quaternary nitrogens is 1. The minimum Gasteiger partial charge on any atom is -0.364 e. The summed E-state index contributed by atoms with van der Waals surface area (Å²) < 4.78 is 33.2. The first kappa shape index (κ1) is 26.1. The van der Waals surface area contributed by atoms with Gasteiger partial charge in [-0.3, -0.25) is 9.80 Å². The van der Waals surface area contributed by atoms with E-state index in [2.05, 4.69) is 0 Å². The quantitative estimate of drug-likeness (QED) is 0.327. The molecule has 0 radical (unpaired) electrons. The topological polar surface area (TPSA) is 86.6 Å². The number of benzene rings is 1. The lowest BCUT2D eigenvalue weighted by atomic mass is 10.1. The van der Waals surface area contributed by atoms with E-state index in [0.717, 1.165) is 5.56 Å². The zero-order valence-electron chi connectivity index (χ0n) is 19.9. The molecule has 11 nitrogen and oxygen atoms in total. The molecule has 0 amide bonds. The van der Waals surface area contributed by atoms with Gasteiger partial charge in [-0.25, -0.2) is 0 Å². The van der Waals surface area contributed by atoms with Gasteiger partial charge < -0.3 is 28.4 Å². The second-order valence-corrected chi connectivity index (χ2v) is 7.25. The zero-order valence-corrected chi connectivity index (χ0v) is 19.9. The third kappa shape index (κ3) is 6.01. The van der Waals surface area contributed by atoms with Crippen molar-refractivity contribution in [2.75, 3.05) is 83.0 Å². The Morgan fingerprint density at radius 3 is 1.69 bits per heavy atom. The van der Waals surface area contributed by atoms with Crippen LogP contribution in [0.1, 0.15) is 11.7 Å². The Balaban J connectivity index is 2.74. The molecule has 0 bridgehead atoms. The van der Waals surface area contributed by atoms with Crippen molar-refractivity contribution >= 4 is 11.9 Å². The molecule has 0 aliphatic carbocycles. The van der Waals surface area contributed by atoms with Crippen LogP contribution in [0.2, 0.25) is 0 Å². The van der Waals surface area contributed by atoms with Gasteiger partial charge in [-0.15, -0.1) is 4.99 Å². The fraction of sp³-hybridized carbons (Fsp3) is 0.619. The van der Waals surface area contributed by atoms with E-state index in [4.69, 9.17) is 38.4 Å². The van der Waals surface area contributed by atoms with Crippen LogP contribution >= 0.6 is 0 Å². The number of ether oxygens (including phenoxy) is 6. The molecule has 32 heavy (non-hydrogen) atoms. The maximum Gasteiger partial charge on any atom is 0.317 e. The van der Waals surface area contributed by atoms with E-state index < -0.39 is 6.17 Å². The van der Waals surface area contributed by atoms with Gasteiger partial charge in [-0.2, -0.15) is 9.48 Å². The molecule has 0 fully saturated rings. The highest BCUT2D eigenvalue weighted by Crippen LogP contribution is 2.35. The summed E-state index contributed by atoms with van der Waals surface area (Å²) in [6, 6.07) is 9.99. The highest BCUT2D eigenvalue weighted by atomic mass is 16.5. The molecule has 0 aromatic heterocycles.